The van der Waals surface area contributed by atoms with Crippen LogP contribution in [-0.2, 0) is 0 Å². The number of nitrogens with one attached hydrogen (secondary N) is 2. The first-order valence-corrected chi connectivity index (χ1v) is 9.30. The van der Waals surface area contributed by atoms with Gasteiger partial charge >= 0.3 is 0 Å². The molecule has 3 rings (SSSR count). The van der Waals surface area contributed by atoms with Crippen molar-refractivity contribution in [2.75, 3.05) is 11.9 Å². The van der Waals surface area contributed by atoms with Gasteiger partial charge in [-0.3, -0.25) is 10.1 Å². The summed E-state index contributed by atoms with van der Waals surface area (Å²) < 4.78 is 5.36. The summed E-state index contributed by atoms with van der Waals surface area (Å²) in [6, 6.07) is 16.8. The fourth-order valence-corrected chi connectivity index (χ4v) is 3.22. The van der Waals surface area contributed by atoms with Crippen molar-refractivity contribution in [3.63, 3.8) is 0 Å². The molecule has 0 aliphatic carbocycles. The van der Waals surface area contributed by atoms with E-state index in [-0.39, 0.29) is 11.0 Å². The van der Waals surface area contributed by atoms with E-state index in [4.69, 9.17) is 17.0 Å². The first-order valence-electron chi connectivity index (χ1n) is 8.02. The van der Waals surface area contributed by atoms with Crippen molar-refractivity contribution >= 4 is 39.7 Å². The zero-order valence-corrected chi connectivity index (χ0v) is 15.7. The van der Waals surface area contributed by atoms with Gasteiger partial charge in [0.2, 0.25) is 0 Å². The molecule has 3 aromatic rings. The molecule has 0 atom stereocenters. The second-order valence-electron chi connectivity index (χ2n) is 5.27. The van der Waals surface area contributed by atoms with E-state index >= 15 is 0 Å². The molecule has 1 heterocycles. The molecule has 0 saturated carbocycles. The monoisotopic (exact) mass is 383 g/mol. The van der Waals surface area contributed by atoms with Crippen molar-refractivity contribution in [1.82, 2.24) is 10.3 Å². The van der Waals surface area contributed by atoms with Crippen molar-refractivity contribution in [3.8, 4) is 17.0 Å². The average Bonchev–Trinajstić information content (AvgIpc) is 3.11. The smallest absolute Gasteiger partial charge is 0.257 e. The van der Waals surface area contributed by atoms with Crippen LogP contribution in [0, 0.1) is 0 Å². The van der Waals surface area contributed by atoms with Gasteiger partial charge in [0.25, 0.3) is 5.91 Å². The number of ether oxygens (including phenoxy) is 1. The molecule has 2 aromatic carbocycles. The van der Waals surface area contributed by atoms with Crippen molar-refractivity contribution in [1.29, 1.82) is 0 Å². The first kappa shape index (κ1) is 18.0. The van der Waals surface area contributed by atoms with E-state index in [1.807, 2.05) is 42.6 Å². The van der Waals surface area contributed by atoms with Gasteiger partial charge in [-0.25, -0.2) is 4.98 Å². The Kier molecular flexibility index (Phi) is 5.93. The minimum Gasteiger partial charge on any atom is -0.494 e. The molecule has 132 valence electrons. The minimum absolute atomic E-state index is 0.206. The predicted octanol–water partition coefficient (Wildman–Crippen LogP) is 4.34. The summed E-state index contributed by atoms with van der Waals surface area (Å²) in [5.74, 6) is 0.436. The summed E-state index contributed by atoms with van der Waals surface area (Å²) in [7, 11) is 0. The van der Waals surface area contributed by atoms with Crippen LogP contribution in [0.4, 0.5) is 5.13 Å². The Morgan fingerprint density at radius 2 is 1.88 bits per heavy atom. The van der Waals surface area contributed by atoms with E-state index in [2.05, 4.69) is 15.6 Å². The summed E-state index contributed by atoms with van der Waals surface area (Å²) in [5, 5.41) is 8.37. The van der Waals surface area contributed by atoms with Crippen LogP contribution in [-0.4, -0.2) is 22.6 Å². The summed E-state index contributed by atoms with van der Waals surface area (Å²) in [6.45, 7) is 2.49. The molecule has 1 aromatic heterocycles. The van der Waals surface area contributed by atoms with E-state index in [1.54, 1.807) is 24.3 Å². The van der Waals surface area contributed by atoms with Gasteiger partial charge in [-0.05, 0) is 43.4 Å². The van der Waals surface area contributed by atoms with Gasteiger partial charge in [-0.1, -0.05) is 30.3 Å². The molecule has 0 spiro atoms. The zero-order chi connectivity index (χ0) is 18.4. The molecule has 1 amide bonds. The highest BCUT2D eigenvalue weighted by Gasteiger charge is 2.10. The molecular weight excluding hydrogens is 366 g/mol. The lowest BCUT2D eigenvalue weighted by Gasteiger charge is -2.08. The standard InChI is InChI=1S/C19H17N3O2S2/c1-2-24-15-10-8-14(9-11-15)17(23)21-18(25)22-19-20-16(12-26-19)13-6-4-3-5-7-13/h3-12H,2H2,1H3,(H2,20,21,22,23,25). The van der Waals surface area contributed by atoms with Gasteiger partial charge in [0.1, 0.15) is 5.75 Å². The van der Waals surface area contributed by atoms with Gasteiger partial charge in [0.15, 0.2) is 10.2 Å². The van der Waals surface area contributed by atoms with E-state index in [0.717, 1.165) is 17.0 Å². The Labute approximate surface area is 161 Å². The minimum atomic E-state index is -0.287. The molecule has 0 unspecified atom stereocenters. The number of hydrogen-bond donors (Lipinski definition) is 2. The first-order chi connectivity index (χ1) is 12.7. The number of carbonyl (C=O) groups excluding carboxylic acids is 1. The number of amides is 1. The predicted molar refractivity (Wildman–Crippen MR) is 109 cm³/mol. The second-order valence-corrected chi connectivity index (χ2v) is 6.54. The van der Waals surface area contributed by atoms with Gasteiger partial charge in [0, 0.05) is 16.5 Å². The number of thiazole rings is 1. The number of benzene rings is 2. The highest BCUT2D eigenvalue weighted by Crippen LogP contribution is 2.24. The quantitative estimate of drug-likeness (QED) is 0.642. The lowest BCUT2D eigenvalue weighted by atomic mass is 10.2. The van der Waals surface area contributed by atoms with Crippen LogP contribution < -0.4 is 15.4 Å². The normalized spacial score (nSPS) is 10.2. The average molecular weight is 383 g/mol. The highest BCUT2D eigenvalue weighted by atomic mass is 32.1. The maximum Gasteiger partial charge on any atom is 0.257 e. The number of rotatable bonds is 5. The van der Waals surface area contributed by atoms with Gasteiger partial charge in [0.05, 0.1) is 12.3 Å². The topological polar surface area (TPSA) is 63.2 Å². The maximum atomic E-state index is 12.2. The molecule has 0 saturated heterocycles. The molecule has 0 aliphatic rings. The fraction of sp³-hybridized carbons (Fsp3) is 0.105. The Morgan fingerprint density at radius 1 is 1.15 bits per heavy atom. The Hall–Kier alpha value is -2.77. The number of thiocarbonyl (C=S) groups is 1. The molecule has 7 heteroatoms. The summed E-state index contributed by atoms with van der Waals surface area (Å²) in [5.41, 5.74) is 2.39. The molecule has 5 nitrogen and oxygen atoms in total. The van der Waals surface area contributed by atoms with Crippen LogP contribution in [0.2, 0.25) is 0 Å². The van der Waals surface area contributed by atoms with Crippen molar-refractivity contribution in [2.24, 2.45) is 0 Å². The van der Waals surface area contributed by atoms with Gasteiger partial charge < -0.3 is 10.1 Å². The largest absolute Gasteiger partial charge is 0.494 e. The number of hydrogen-bond acceptors (Lipinski definition) is 5. The molecule has 2 N–H and O–H groups in total. The molecule has 0 fully saturated rings. The molecule has 26 heavy (non-hydrogen) atoms. The zero-order valence-electron chi connectivity index (χ0n) is 14.1. The molecule has 0 bridgehead atoms. The SMILES string of the molecule is CCOc1ccc(C(=O)NC(=S)Nc2nc(-c3ccccc3)cs2)cc1. The van der Waals surface area contributed by atoms with Crippen LogP contribution in [0.15, 0.2) is 60.0 Å². The summed E-state index contributed by atoms with van der Waals surface area (Å²) in [4.78, 5) is 16.7. The van der Waals surface area contributed by atoms with Crippen molar-refractivity contribution in [2.45, 2.75) is 6.92 Å². The van der Waals surface area contributed by atoms with Crippen LogP contribution in [0.3, 0.4) is 0 Å². The van der Waals surface area contributed by atoms with Crippen LogP contribution >= 0.6 is 23.6 Å². The fourth-order valence-electron chi connectivity index (χ4n) is 2.25. The number of carbonyl (C=O) groups is 1. The molecule has 0 aliphatic heterocycles. The third kappa shape index (κ3) is 4.65. The molecular formula is C19H17N3O2S2. The lowest BCUT2D eigenvalue weighted by Crippen LogP contribution is -2.34. The van der Waals surface area contributed by atoms with E-state index in [0.29, 0.717) is 17.3 Å². The van der Waals surface area contributed by atoms with Gasteiger partial charge in [-0.2, -0.15) is 0 Å². The lowest BCUT2D eigenvalue weighted by molar-refractivity contribution is 0.0977. The molecule has 0 radical (unpaired) electrons. The van der Waals surface area contributed by atoms with E-state index < -0.39 is 0 Å². The highest BCUT2D eigenvalue weighted by molar-refractivity contribution is 7.80. The van der Waals surface area contributed by atoms with Gasteiger partial charge in [-0.15, -0.1) is 11.3 Å². The Balaban J connectivity index is 1.58. The summed E-state index contributed by atoms with van der Waals surface area (Å²) in [6.07, 6.45) is 0. The number of anilines is 1. The maximum absolute atomic E-state index is 12.2. The van der Waals surface area contributed by atoms with Crippen LogP contribution in [0.25, 0.3) is 11.3 Å². The van der Waals surface area contributed by atoms with Crippen LogP contribution in [0.1, 0.15) is 17.3 Å². The Bertz CT molecular complexity index is 893. The number of aromatic nitrogens is 1. The van der Waals surface area contributed by atoms with E-state index in [9.17, 15) is 4.79 Å². The van der Waals surface area contributed by atoms with Crippen LogP contribution in [0.5, 0.6) is 5.75 Å². The van der Waals surface area contributed by atoms with Crippen molar-refractivity contribution < 1.29 is 9.53 Å². The third-order valence-corrected chi connectivity index (χ3v) is 4.41. The second kappa shape index (κ2) is 8.55. The Morgan fingerprint density at radius 3 is 2.58 bits per heavy atom. The van der Waals surface area contributed by atoms with E-state index in [1.165, 1.54) is 11.3 Å². The third-order valence-electron chi connectivity index (χ3n) is 3.45. The van der Waals surface area contributed by atoms with Crippen molar-refractivity contribution in [3.05, 3.63) is 65.5 Å². The number of nitrogens with zero attached hydrogens (tertiary/aromatic N) is 1. The summed E-state index contributed by atoms with van der Waals surface area (Å²) >= 11 is 6.63.